The zero-order valence-electron chi connectivity index (χ0n) is 11.9. The van der Waals surface area contributed by atoms with E-state index in [0.717, 1.165) is 17.8 Å². The summed E-state index contributed by atoms with van der Waals surface area (Å²) in [5.41, 5.74) is 1.90. The molecule has 0 spiro atoms. The van der Waals surface area contributed by atoms with Crippen LogP contribution in [0.15, 0.2) is 18.2 Å². The summed E-state index contributed by atoms with van der Waals surface area (Å²) in [6, 6.07) is 6.22. The molecule has 0 saturated carbocycles. The van der Waals surface area contributed by atoms with Gasteiger partial charge in [-0.3, -0.25) is 0 Å². The van der Waals surface area contributed by atoms with Crippen LogP contribution in [0.2, 0.25) is 5.02 Å². The summed E-state index contributed by atoms with van der Waals surface area (Å²) in [6.45, 7) is 11.5. The quantitative estimate of drug-likeness (QED) is 0.863. The van der Waals surface area contributed by atoms with Gasteiger partial charge in [0.25, 0.3) is 0 Å². The van der Waals surface area contributed by atoms with E-state index in [2.05, 4.69) is 32.6 Å². The Bertz CT molecular complexity index is 388. The first-order valence-corrected chi connectivity index (χ1v) is 6.94. The zero-order valence-corrected chi connectivity index (χ0v) is 12.7. The Morgan fingerprint density at radius 2 is 1.78 bits per heavy atom. The third-order valence-electron chi connectivity index (χ3n) is 2.95. The number of hydrogen-bond donors (Lipinski definition) is 1. The van der Waals surface area contributed by atoms with Crippen molar-refractivity contribution in [3.8, 4) is 0 Å². The average molecular weight is 270 g/mol. The van der Waals surface area contributed by atoms with E-state index < -0.39 is 6.10 Å². The summed E-state index contributed by atoms with van der Waals surface area (Å²) in [5, 5.41) is 10.3. The Hall–Kier alpha value is -0.730. The highest BCUT2D eigenvalue weighted by Crippen LogP contribution is 2.30. The molecule has 0 saturated heterocycles. The molecule has 1 atom stereocenters. The molecule has 1 N–H and O–H groups in total. The second-order valence-electron chi connectivity index (χ2n) is 5.53. The van der Waals surface area contributed by atoms with Gasteiger partial charge in [0, 0.05) is 12.6 Å². The van der Waals surface area contributed by atoms with E-state index in [1.165, 1.54) is 0 Å². The molecule has 0 bridgehead atoms. The molecule has 1 aromatic rings. The van der Waals surface area contributed by atoms with E-state index in [0.29, 0.717) is 17.0 Å². The predicted octanol–water partition coefficient (Wildman–Crippen LogP) is 4.26. The summed E-state index contributed by atoms with van der Waals surface area (Å²) in [4.78, 5) is 2.30. The van der Waals surface area contributed by atoms with Crippen LogP contribution in [0.3, 0.4) is 0 Å². The van der Waals surface area contributed by atoms with Crippen LogP contribution in [0.25, 0.3) is 0 Å². The maximum absolute atomic E-state index is 9.56. The fourth-order valence-corrected chi connectivity index (χ4v) is 2.29. The van der Waals surface area contributed by atoms with Gasteiger partial charge >= 0.3 is 0 Å². The van der Waals surface area contributed by atoms with Crippen LogP contribution < -0.4 is 4.90 Å². The minimum atomic E-state index is -0.478. The first kappa shape index (κ1) is 15.3. The van der Waals surface area contributed by atoms with Crippen molar-refractivity contribution in [1.29, 1.82) is 0 Å². The SMILES string of the molecule is CC(C)CN(c1ccc(C(C)O)cc1Cl)C(C)C. The molecule has 0 aliphatic carbocycles. The van der Waals surface area contributed by atoms with Crippen molar-refractivity contribution >= 4 is 17.3 Å². The molecule has 0 fully saturated rings. The molecule has 1 unspecified atom stereocenters. The lowest BCUT2D eigenvalue weighted by atomic mass is 10.1. The van der Waals surface area contributed by atoms with E-state index in [1.807, 2.05) is 18.2 Å². The number of aliphatic hydroxyl groups is 1. The number of anilines is 1. The monoisotopic (exact) mass is 269 g/mol. The maximum Gasteiger partial charge on any atom is 0.0762 e. The minimum absolute atomic E-state index is 0.405. The molecule has 0 aliphatic heterocycles. The molecule has 1 rings (SSSR count). The Morgan fingerprint density at radius 3 is 2.17 bits per heavy atom. The minimum Gasteiger partial charge on any atom is -0.389 e. The van der Waals surface area contributed by atoms with Crippen molar-refractivity contribution in [3.63, 3.8) is 0 Å². The van der Waals surface area contributed by atoms with Crippen molar-refractivity contribution in [2.75, 3.05) is 11.4 Å². The summed E-state index contributed by atoms with van der Waals surface area (Å²) in [6.07, 6.45) is -0.478. The van der Waals surface area contributed by atoms with Crippen molar-refractivity contribution in [2.24, 2.45) is 5.92 Å². The normalized spacial score (nSPS) is 13.2. The van der Waals surface area contributed by atoms with Gasteiger partial charge < -0.3 is 10.0 Å². The lowest BCUT2D eigenvalue weighted by molar-refractivity contribution is 0.199. The highest BCUT2D eigenvalue weighted by Gasteiger charge is 2.16. The topological polar surface area (TPSA) is 23.5 Å². The number of hydrogen-bond acceptors (Lipinski definition) is 2. The van der Waals surface area contributed by atoms with Crippen LogP contribution in [0.1, 0.15) is 46.3 Å². The molecule has 3 heteroatoms. The van der Waals surface area contributed by atoms with Crippen LogP contribution in [-0.4, -0.2) is 17.7 Å². The molecular formula is C15H24ClNO. The van der Waals surface area contributed by atoms with Crippen LogP contribution in [0.4, 0.5) is 5.69 Å². The lowest BCUT2D eigenvalue weighted by Crippen LogP contribution is -2.34. The molecule has 0 aliphatic rings. The van der Waals surface area contributed by atoms with E-state index in [-0.39, 0.29) is 0 Å². The molecule has 0 aromatic heterocycles. The van der Waals surface area contributed by atoms with Crippen LogP contribution >= 0.6 is 11.6 Å². The fourth-order valence-electron chi connectivity index (χ4n) is 2.00. The van der Waals surface area contributed by atoms with E-state index >= 15 is 0 Å². The number of aliphatic hydroxyl groups excluding tert-OH is 1. The fraction of sp³-hybridized carbons (Fsp3) is 0.600. The third kappa shape index (κ3) is 3.89. The predicted molar refractivity (Wildman–Crippen MR) is 79.4 cm³/mol. The van der Waals surface area contributed by atoms with Crippen molar-refractivity contribution in [1.82, 2.24) is 0 Å². The van der Waals surface area contributed by atoms with Crippen LogP contribution in [0, 0.1) is 5.92 Å². The van der Waals surface area contributed by atoms with Gasteiger partial charge in [0.15, 0.2) is 0 Å². The zero-order chi connectivity index (χ0) is 13.9. The maximum atomic E-state index is 9.56. The Kier molecular flexibility index (Phi) is 5.48. The van der Waals surface area contributed by atoms with Crippen molar-refractivity contribution < 1.29 is 5.11 Å². The second-order valence-corrected chi connectivity index (χ2v) is 5.93. The van der Waals surface area contributed by atoms with Gasteiger partial charge in [-0.05, 0) is 44.4 Å². The highest BCUT2D eigenvalue weighted by atomic mass is 35.5. The molecule has 1 aromatic carbocycles. The van der Waals surface area contributed by atoms with Crippen LogP contribution in [0.5, 0.6) is 0 Å². The van der Waals surface area contributed by atoms with Crippen molar-refractivity contribution in [3.05, 3.63) is 28.8 Å². The molecule has 2 nitrogen and oxygen atoms in total. The number of rotatable bonds is 5. The standard InChI is InChI=1S/C15H24ClNO/c1-10(2)9-17(11(3)4)15-7-6-13(12(5)18)8-14(15)16/h6-8,10-12,18H,9H2,1-5H3. The summed E-state index contributed by atoms with van der Waals surface area (Å²) >= 11 is 6.34. The molecular weight excluding hydrogens is 246 g/mol. The largest absolute Gasteiger partial charge is 0.389 e. The van der Waals surface area contributed by atoms with Gasteiger partial charge in [-0.25, -0.2) is 0 Å². The van der Waals surface area contributed by atoms with Crippen molar-refractivity contribution in [2.45, 2.75) is 46.8 Å². The smallest absolute Gasteiger partial charge is 0.0762 e. The lowest BCUT2D eigenvalue weighted by Gasteiger charge is -2.31. The van der Waals surface area contributed by atoms with Crippen LogP contribution in [-0.2, 0) is 0 Å². The van der Waals surface area contributed by atoms with Gasteiger partial charge in [-0.15, -0.1) is 0 Å². The first-order valence-electron chi connectivity index (χ1n) is 6.57. The summed E-state index contributed by atoms with van der Waals surface area (Å²) in [5.74, 6) is 0.583. The van der Waals surface area contributed by atoms with Gasteiger partial charge in [0.2, 0.25) is 0 Å². The Balaban J connectivity index is 3.05. The van der Waals surface area contributed by atoms with Gasteiger partial charge in [0.05, 0.1) is 16.8 Å². The first-order chi connectivity index (χ1) is 8.32. The van der Waals surface area contributed by atoms with Gasteiger partial charge in [-0.2, -0.15) is 0 Å². The van der Waals surface area contributed by atoms with E-state index in [9.17, 15) is 5.11 Å². The number of halogens is 1. The third-order valence-corrected chi connectivity index (χ3v) is 3.25. The summed E-state index contributed by atoms with van der Waals surface area (Å²) in [7, 11) is 0. The van der Waals surface area contributed by atoms with E-state index in [4.69, 9.17) is 11.6 Å². The Labute approximate surface area is 116 Å². The molecule has 102 valence electrons. The number of benzene rings is 1. The Morgan fingerprint density at radius 1 is 1.17 bits per heavy atom. The second kappa shape index (κ2) is 6.44. The molecule has 18 heavy (non-hydrogen) atoms. The molecule has 0 radical (unpaired) electrons. The van der Waals surface area contributed by atoms with Gasteiger partial charge in [0.1, 0.15) is 0 Å². The average Bonchev–Trinajstić information content (AvgIpc) is 2.25. The molecule has 0 amide bonds. The van der Waals surface area contributed by atoms with E-state index in [1.54, 1.807) is 6.92 Å². The highest BCUT2D eigenvalue weighted by molar-refractivity contribution is 6.33. The number of nitrogens with zero attached hydrogens (tertiary/aromatic N) is 1. The summed E-state index contributed by atoms with van der Waals surface area (Å²) < 4.78 is 0. The molecule has 0 heterocycles. The van der Waals surface area contributed by atoms with Gasteiger partial charge in [-0.1, -0.05) is 31.5 Å².